The number of anilines is 2. The van der Waals surface area contributed by atoms with Crippen molar-refractivity contribution < 1.29 is 13.2 Å². The van der Waals surface area contributed by atoms with Crippen LogP contribution < -0.4 is 10.6 Å². The minimum atomic E-state index is -4.41. The minimum absolute atomic E-state index is 0.0144. The SMILES string of the molecule is CC(C)(C)CNc1c(C#N)cnc2c(C#N)cc(N[C@@H](c3cccc4ncsc34)C3CN(C4(C(F)(F)F)CC4)N=N3)cc12. The number of thiazole rings is 1. The molecule has 9 nitrogen and oxygen atoms in total. The van der Waals surface area contributed by atoms with E-state index in [9.17, 15) is 23.7 Å². The fourth-order valence-corrected chi connectivity index (χ4v) is 6.28. The smallest absolute Gasteiger partial charge is 0.383 e. The number of halogens is 3. The van der Waals surface area contributed by atoms with Crippen LogP contribution >= 0.6 is 11.3 Å². The Morgan fingerprint density at radius 2 is 1.88 bits per heavy atom. The molecule has 2 N–H and O–H groups in total. The van der Waals surface area contributed by atoms with Gasteiger partial charge in [0.05, 0.1) is 50.6 Å². The molecule has 0 bridgehead atoms. The summed E-state index contributed by atoms with van der Waals surface area (Å²) in [6.45, 7) is 6.74. The number of aromatic nitrogens is 2. The van der Waals surface area contributed by atoms with Crippen molar-refractivity contribution in [2.75, 3.05) is 23.7 Å². The van der Waals surface area contributed by atoms with Gasteiger partial charge in [-0.1, -0.05) is 38.1 Å². The standard InChI is InChI=1S/C30H28F3N9S/c1-28(2,3)15-37-25-18(12-35)13-36-24-17(11-34)9-19(10-21(24)25)39-26(20-5-4-6-22-27(20)43-16-38-22)23-14-42(41-40-23)29(7-8-29)30(31,32)33/h4-6,9-10,13,16,23,26,39H,7-8,14-15H2,1-3H3,(H,36,37)/t23?,26-/m0/s1. The third-order valence-corrected chi connectivity index (χ3v) is 8.74. The third kappa shape index (κ3) is 5.19. The van der Waals surface area contributed by atoms with Crippen LogP contribution in [0.5, 0.6) is 0 Å². The van der Waals surface area contributed by atoms with Gasteiger partial charge in [-0.3, -0.25) is 9.99 Å². The van der Waals surface area contributed by atoms with Gasteiger partial charge in [-0.15, -0.1) is 11.3 Å². The van der Waals surface area contributed by atoms with Crippen LogP contribution in [-0.2, 0) is 0 Å². The second kappa shape index (κ2) is 10.3. The van der Waals surface area contributed by atoms with Crippen LogP contribution in [0.3, 0.4) is 0 Å². The molecule has 4 aromatic rings. The second-order valence-corrected chi connectivity index (χ2v) is 13.0. The first-order valence-corrected chi connectivity index (χ1v) is 14.7. The average molecular weight is 604 g/mol. The summed E-state index contributed by atoms with van der Waals surface area (Å²) in [6.07, 6.45) is -2.99. The molecule has 1 fully saturated rings. The number of hydrogen-bond donors (Lipinski definition) is 2. The Kier molecular flexibility index (Phi) is 6.89. The van der Waals surface area contributed by atoms with Crippen molar-refractivity contribution in [1.29, 1.82) is 10.5 Å². The summed E-state index contributed by atoms with van der Waals surface area (Å²) in [5.41, 5.74) is 3.42. The number of nitrogens with zero attached hydrogens (tertiary/aromatic N) is 7. The van der Waals surface area contributed by atoms with Crippen molar-refractivity contribution in [1.82, 2.24) is 15.0 Å². The number of alkyl halides is 3. The normalized spacial score (nSPS) is 18.4. The Hall–Kier alpha value is -4.49. The molecule has 3 heterocycles. The molecule has 1 saturated carbocycles. The number of nitriles is 2. The maximum atomic E-state index is 13.9. The summed E-state index contributed by atoms with van der Waals surface area (Å²) in [7, 11) is 0. The lowest BCUT2D eigenvalue weighted by Crippen LogP contribution is -2.46. The Bertz CT molecular complexity index is 1820. The first-order chi connectivity index (χ1) is 20.4. The van der Waals surface area contributed by atoms with Crippen LogP contribution in [0.1, 0.15) is 56.3 Å². The van der Waals surface area contributed by atoms with E-state index in [4.69, 9.17) is 0 Å². The van der Waals surface area contributed by atoms with Gasteiger partial charge in [0.1, 0.15) is 18.2 Å². The summed E-state index contributed by atoms with van der Waals surface area (Å²) in [4.78, 5) is 8.84. The number of nitrogens with one attached hydrogen (secondary N) is 2. The largest absolute Gasteiger partial charge is 0.413 e. The fraction of sp³-hybridized carbons (Fsp3) is 0.400. The molecule has 0 radical (unpaired) electrons. The molecular formula is C30H28F3N9S. The first kappa shape index (κ1) is 28.6. The fourth-order valence-electron chi connectivity index (χ4n) is 5.43. The zero-order valence-corrected chi connectivity index (χ0v) is 24.5. The van der Waals surface area contributed by atoms with Gasteiger partial charge in [0.15, 0.2) is 5.54 Å². The van der Waals surface area contributed by atoms with E-state index in [1.54, 1.807) is 11.6 Å². The molecule has 2 aliphatic rings. The molecule has 2 aromatic carbocycles. The Balaban J connectivity index is 1.44. The highest BCUT2D eigenvalue weighted by molar-refractivity contribution is 7.17. The molecule has 0 amide bonds. The number of pyridine rings is 1. The molecule has 0 saturated heterocycles. The Morgan fingerprint density at radius 1 is 1.12 bits per heavy atom. The van der Waals surface area contributed by atoms with E-state index in [0.717, 1.165) is 20.8 Å². The lowest BCUT2D eigenvalue weighted by molar-refractivity contribution is -0.195. The van der Waals surface area contributed by atoms with E-state index >= 15 is 0 Å². The highest BCUT2D eigenvalue weighted by atomic mass is 32.1. The predicted octanol–water partition coefficient (Wildman–Crippen LogP) is 7.35. The van der Waals surface area contributed by atoms with E-state index < -0.39 is 23.8 Å². The highest BCUT2D eigenvalue weighted by Crippen LogP contribution is 2.55. The van der Waals surface area contributed by atoms with E-state index in [1.165, 1.54) is 17.5 Å². The maximum Gasteiger partial charge on any atom is 0.413 e. The first-order valence-electron chi connectivity index (χ1n) is 13.8. The zero-order valence-electron chi connectivity index (χ0n) is 23.7. The topological polar surface area (TPSA) is 125 Å². The van der Waals surface area contributed by atoms with Gasteiger partial charge < -0.3 is 10.6 Å². The van der Waals surface area contributed by atoms with Gasteiger partial charge in [-0.05, 0) is 42.0 Å². The number of rotatable bonds is 7. The molecule has 43 heavy (non-hydrogen) atoms. The van der Waals surface area contributed by atoms with Crippen molar-refractivity contribution in [2.45, 2.75) is 57.4 Å². The molecule has 2 aromatic heterocycles. The van der Waals surface area contributed by atoms with Crippen molar-refractivity contribution in [3.05, 3.63) is 58.7 Å². The molecule has 1 aliphatic heterocycles. The molecule has 1 unspecified atom stereocenters. The van der Waals surface area contributed by atoms with E-state index in [2.05, 4.69) is 63.8 Å². The monoisotopic (exact) mass is 603 g/mol. The zero-order chi connectivity index (χ0) is 30.6. The maximum absolute atomic E-state index is 13.9. The van der Waals surface area contributed by atoms with Crippen LogP contribution in [0.2, 0.25) is 0 Å². The van der Waals surface area contributed by atoms with Crippen molar-refractivity contribution in [2.24, 2.45) is 15.8 Å². The molecule has 220 valence electrons. The van der Waals surface area contributed by atoms with E-state index in [1.807, 2.05) is 24.3 Å². The number of hydrogen-bond acceptors (Lipinski definition) is 10. The van der Waals surface area contributed by atoms with Crippen molar-refractivity contribution >= 4 is 43.8 Å². The summed E-state index contributed by atoms with van der Waals surface area (Å²) in [6, 6.07) is 12.3. The van der Waals surface area contributed by atoms with Gasteiger partial charge >= 0.3 is 6.18 Å². The van der Waals surface area contributed by atoms with Gasteiger partial charge in [0, 0.05) is 23.8 Å². The van der Waals surface area contributed by atoms with Gasteiger partial charge in [-0.2, -0.15) is 28.8 Å². The van der Waals surface area contributed by atoms with Gasteiger partial charge in [0.25, 0.3) is 0 Å². The summed E-state index contributed by atoms with van der Waals surface area (Å²) in [5.74, 6) is 0. The minimum Gasteiger partial charge on any atom is -0.383 e. The van der Waals surface area contributed by atoms with Crippen molar-refractivity contribution in [3.8, 4) is 12.1 Å². The van der Waals surface area contributed by atoms with Crippen LogP contribution in [0.15, 0.2) is 52.4 Å². The Morgan fingerprint density at radius 3 is 2.56 bits per heavy atom. The summed E-state index contributed by atoms with van der Waals surface area (Å²) in [5, 5.41) is 36.8. The van der Waals surface area contributed by atoms with Crippen LogP contribution in [0, 0.1) is 28.1 Å². The Labute approximate surface area is 250 Å². The average Bonchev–Trinajstić information content (AvgIpc) is 3.41. The molecule has 2 atom stereocenters. The van der Waals surface area contributed by atoms with Crippen LogP contribution in [0.25, 0.3) is 21.1 Å². The predicted molar refractivity (Wildman–Crippen MR) is 158 cm³/mol. The lowest BCUT2D eigenvalue weighted by Gasteiger charge is -2.29. The molecule has 13 heteroatoms. The molecular weight excluding hydrogens is 575 g/mol. The van der Waals surface area contributed by atoms with Gasteiger partial charge in [-0.25, -0.2) is 4.98 Å². The van der Waals surface area contributed by atoms with E-state index in [-0.39, 0.29) is 24.8 Å². The third-order valence-electron chi connectivity index (χ3n) is 7.85. The quantitative estimate of drug-likeness (QED) is 0.226. The number of fused-ring (bicyclic) bond motifs is 2. The van der Waals surface area contributed by atoms with Gasteiger partial charge in [0.2, 0.25) is 0 Å². The molecule has 0 spiro atoms. The van der Waals surface area contributed by atoms with Crippen LogP contribution in [0.4, 0.5) is 24.5 Å². The second-order valence-electron chi connectivity index (χ2n) is 12.2. The van der Waals surface area contributed by atoms with E-state index in [0.29, 0.717) is 39.9 Å². The molecule has 6 rings (SSSR count). The van der Waals surface area contributed by atoms with Crippen molar-refractivity contribution in [3.63, 3.8) is 0 Å². The summed E-state index contributed by atoms with van der Waals surface area (Å²) < 4.78 is 42.7. The summed E-state index contributed by atoms with van der Waals surface area (Å²) >= 11 is 1.44. The van der Waals surface area contributed by atoms with Crippen LogP contribution in [-0.4, -0.2) is 45.8 Å². The lowest BCUT2D eigenvalue weighted by atomic mass is 9.96. The highest BCUT2D eigenvalue weighted by Gasteiger charge is 2.68. The number of benzene rings is 2. The molecule has 1 aliphatic carbocycles.